The van der Waals surface area contributed by atoms with E-state index >= 15 is 0 Å². The van der Waals surface area contributed by atoms with E-state index in [2.05, 4.69) is 47.3 Å². The number of rotatable bonds is 7. The van der Waals surface area contributed by atoms with Crippen molar-refractivity contribution in [1.82, 2.24) is 15.1 Å². The van der Waals surface area contributed by atoms with Gasteiger partial charge in [-0.05, 0) is 50.8 Å². The maximum absolute atomic E-state index is 12.7. The third-order valence-electron chi connectivity index (χ3n) is 5.25. The van der Waals surface area contributed by atoms with Crippen LogP contribution >= 0.6 is 23.1 Å². The summed E-state index contributed by atoms with van der Waals surface area (Å²) >= 11 is 2.99. The number of carbonyl (C=O) groups excluding carboxylic acids is 1. The summed E-state index contributed by atoms with van der Waals surface area (Å²) in [7, 11) is 0. The van der Waals surface area contributed by atoms with Crippen molar-refractivity contribution in [3.05, 3.63) is 29.3 Å². The van der Waals surface area contributed by atoms with Crippen LogP contribution in [0, 0.1) is 13.8 Å². The lowest BCUT2D eigenvalue weighted by atomic mass is 9.94. The Morgan fingerprint density at radius 1 is 1.26 bits per heavy atom. The first-order valence-corrected chi connectivity index (χ1v) is 11.5. The second-order valence-electron chi connectivity index (χ2n) is 7.01. The molecule has 1 heterocycles. The van der Waals surface area contributed by atoms with Gasteiger partial charge in [0, 0.05) is 18.3 Å². The van der Waals surface area contributed by atoms with E-state index in [0.29, 0.717) is 11.8 Å². The quantitative estimate of drug-likeness (QED) is 0.645. The molecule has 27 heavy (non-hydrogen) atoms. The van der Waals surface area contributed by atoms with E-state index in [4.69, 9.17) is 0 Å². The maximum Gasteiger partial charge on any atom is 0.233 e. The SMILES string of the molecule is CCN(C(=O)CSc1nnc(Nc2cccc(C)c2C)s1)C1CCCCC1. The molecule has 5 nitrogen and oxygen atoms in total. The predicted octanol–water partition coefficient (Wildman–Crippen LogP) is 5.17. The fourth-order valence-electron chi connectivity index (χ4n) is 3.56. The number of thioether (sulfide) groups is 1. The smallest absolute Gasteiger partial charge is 0.233 e. The molecule has 1 aromatic heterocycles. The highest BCUT2D eigenvalue weighted by atomic mass is 32.2. The van der Waals surface area contributed by atoms with Crippen molar-refractivity contribution >= 4 is 39.8 Å². The van der Waals surface area contributed by atoms with Crippen LogP contribution in [0.4, 0.5) is 10.8 Å². The summed E-state index contributed by atoms with van der Waals surface area (Å²) in [4.78, 5) is 14.7. The second kappa shape index (κ2) is 9.55. The van der Waals surface area contributed by atoms with Crippen molar-refractivity contribution in [1.29, 1.82) is 0 Å². The number of hydrogen-bond acceptors (Lipinski definition) is 6. The summed E-state index contributed by atoms with van der Waals surface area (Å²) in [5, 5.41) is 12.6. The van der Waals surface area contributed by atoms with Crippen LogP contribution < -0.4 is 5.32 Å². The van der Waals surface area contributed by atoms with Gasteiger partial charge in [-0.2, -0.15) is 0 Å². The van der Waals surface area contributed by atoms with Gasteiger partial charge < -0.3 is 10.2 Å². The van der Waals surface area contributed by atoms with E-state index in [1.165, 1.54) is 53.5 Å². The van der Waals surface area contributed by atoms with E-state index < -0.39 is 0 Å². The molecule has 0 saturated heterocycles. The van der Waals surface area contributed by atoms with Crippen LogP contribution in [0.5, 0.6) is 0 Å². The Morgan fingerprint density at radius 3 is 2.78 bits per heavy atom. The molecule has 1 aromatic carbocycles. The zero-order valence-electron chi connectivity index (χ0n) is 16.3. The zero-order valence-corrected chi connectivity index (χ0v) is 18.0. The molecule has 0 unspecified atom stereocenters. The number of hydrogen-bond donors (Lipinski definition) is 1. The van der Waals surface area contributed by atoms with Gasteiger partial charge >= 0.3 is 0 Å². The Kier molecular flexibility index (Phi) is 7.13. The van der Waals surface area contributed by atoms with Gasteiger partial charge in [-0.15, -0.1) is 10.2 Å². The molecule has 7 heteroatoms. The van der Waals surface area contributed by atoms with E-state index in [1.807, 2.05) is 12.1 Å². The summed E-state index contributed by atoms with van der Waals surface area (Å²) in [5.74, 6) is 0.649. The van der Waals surface area contributed by atoms with Crippen LogP contribution in [-0.4, -0.2) is 39.3 Å². The summed E-state index contributed by atoms with van der Waals surface area (Å²) in [6.45, 7) is 7.06. The number of nitrogens with one attached hydrogen (secondary N) is 1. The largest absolute Gasteiger partial charge is 0.339 e. The first-order valence-electron chi connectivity index (χ1n) is 9.67. The Bertz CT molecular complexity index is 771. The summed E-state index contributed by atoms with van der Waals surface area (Å²) < 4.78 is 0.829. The van der Waals surface area contributed by atoms with Gasteiger partial charge in [-0.3, -0.25) is 4.79 Å². The van der Waals surface area contributed by atoms with Gasteiger partial charge in [0.25, 0.3) is 0 Å². The molecular formula is C20H28N4OS2. The first kappa shape index (κ1) is 20.1. The number of nitrogens with zero attached hydrogens (tertiary/aromatic N) is 3. The number of aryl methyl sites for hydroxylation is 1. The number of carbonyl (C=O) groups is 1. The van der Waals surface area contributed by atoms with Crippen molar-refractivity contribution in [3.8, 4) is 0 Å². The average Bonchev–Trinajstić information content (AvgIpc) is 3.13. The Morgan fingerprint density at radius 2 is 2.04 bits per heavy atom. The minimum Gasteiger partial charge on any atom is -0.339 e. The highest BCUT2D eigenvalue weighted by Crippen LogP contribution is 2.30. The molecule has 0 bridgehead atoms. The molecule has 1 aliphatic rings. The van der Waals surface area contributed by atoms with Crippen molar-refractivity contribution < 1.29 is 4.79 Å². The molecule has 0 spiro atoms. The van der Waals surface area contributed by atoms with Gasteiger partial charge in [0.15, 0.2) is 4.34 Å². The normalized spacial score (nSPS) is 14.9. The number of amides is 1. The molecule has 3 rings (SSSR count). The van der Waals surface area contributed by atoms with Gasteiger partial charge in [0.1, 0.15) is 0 Å². The molecule has 0 atom stereocenters. The lowest BCUT2D eigenvalue weighted by molar-refractivity contribution is -0.131. The molecular weight excluding hydrogens is 376 g/mol. The van der Waals surface area contributed by atoms with Crippen molar-refractivity contribution in [3.63, 3.8) is 0 Å². The average molecular weight is 405 g/mol. The number of benzene rings is 1. The summed E-state index contributed by atoms with van der Waals surface area (Å²) in [6.07, 6.45) is 6.08. The minimum atomic E-state index is 0.216. The Balaban J connectivity index is 1.55. The third-order valence-corrected chi connectivity index (χ3v) is 7.21. The van der Waals surface area contributed by atoms with Crippen molar-refractivity contribution in [2.75, 3.05) is 17.6 Å². The fourth-order valence-corrected chi connectivity index (χ4v) is 5.21. The Hall–Kier alpha value is -1.60. The summed E-state index contributed by atoms with van der Waals surface area (Å²) in [6, 6.07) is 6.60. The van der Waals surface area contributed by atoms with E-state index in [-0.39, 0.29) is 5.91 Å². The van der Waals surface area contributed by atoms with Gasteiger partial charge in [0.05, 0.1) is 5.75 Å². The van der Waals surface area contributed by atoms with Crippen molar-refractivity contribution in [2.24, 2.45) is 0 Å². The van der Waals surface area contributed by atoms with E-state index in [9.17, 15) is 4.79 Å². The van der Waals surface area contributed by atoms with Crippen molar-refractivity contribution in [2.45, 2.75) is 63.3 Å². The standard InChI is InChI=1S/C20H28N4OS2/c1-4-24(16-10-6-5-7-11-16)18(25)13-26-20-23-22-19(27-20)21-17-12-8-9-14(2)15(17)3/h8-9,12,16H,4-7,10-11,13H2,1-3H3,(H,21,22). The van der Waals surface area contributed by atoms with Crippen LogP contribution in [0.3, 0.4) is 0 Å². The molecule has 0 radical (unpaired) electrons. The van der Waals surface area contributed by atoms with Crippen LogP contribution in [0.1, 0.15) is 50.2 Å². The van der Waals surface area contributed by atoms with Crippen LogP contribution in [0.15, 0.2) is 22.5 Å². The maximum atomic E-state index is 12.7. The molecule has 1 aliphatic carbocycles. The monoisotopic (exact) mass is 404 g/mol. The molecule has 0 aliphatic heterocycles. The Labute approximate surface area is 170 Å². The molecule has 1 saturated carbocycles. The molecule has 1 amide bonds. The highest BCUT2D eigenvalue weighted by molar-refractivity contribution is 8.01. The lowest BCUT2D eigenvalue weighted by Gasteiger charge is -2.33. The molecule has 2 aromatic rings. The van der Waals surface area contributed by atoms with E-state index in [0.717, 1.165) is 34.5 Å². The van der Waals surface area contributed by atoms with Gasteiger partial charge in [-0.25, -0.2) is 0 Å². The highest BCUT2D eigenvalue weighted by Gasteiger charge is 2.24. The topological polar surface area (TPSA) is 58.1 Å². The zero-order chi connectivity index (χ0) is 19.2. The first-order chi connectivity index (χ1) is 13.1. The molecule has 1 N–H and O–H groups in total. The van der Waals surface area contributed by atoms with E-state index in [1.54, 1.807) is 0 Å². The summed E-state index contributed by atoms with van der Waals surface area (Å²) in [5.41, 5.74) is 3.50. The third kappa shape index (κ3) is 5.23. The predicted molar refractivity (Wildman–Crippen MR) is 114 cm³/mol. The lowest BCUT2D eigenvalue weighted by Crippen LogP contribution is -2.42. The molecule has 1 fully saturated rings. The van der Waals surface area contributed by atoms with Gasteiger partial charge in [-0.1, -0.05) is 54.5 Å². The second-order valence-corrected chi connectivity index (χ2v) is 9.21. The number of anilines is 2. The van der Waals surface area contributed by atoms with Crippen LogP contribution in [0.2, 0.25) is 0 Å². The van der Waals surface area contributed by atoms with Gasteiger partial charge in [0.2, 0.25) is 11.0 Å². The van der Waals surface area contributed by atoms with Crippen LogP contribution in [-0.2, 0) is 4.79 Å². The molecule has 146 valence electrons. The van der Waals surface area contributed by atoms with Crippen LogP contribution in [0.25, 0.3) is 0 Å². The number of aromatic nitrogens is 2. The minimum absolute atomic E-state index is 0.216. The fraction of sp³-hybridized carbons (Fsp3) is 0.550.